The van der Waals surface area contributed by atoms with Gasteiger partial charge in [0.05, 0.1) is 26.7 Å². The van der Waals surface area contributed by atoms with Gasteiger partial charge in [-0.1, -0.05) is 0 Å². The standard InChI is InChI=1S/C21H24O7/c1-10-18(23)11(2)21-17(19(10)24)14(8-22)13(9-28-21)5-12-6-15(26-3)20(25)16(7-12)27-4/h6-8,13-14,23-25H,5,9H2,1-4H3. The first-order valence-electron chi connectivity index (χ1n) is 8.90. The molecule has 2 atom stereocenters. The van der Waals surface area contributed by atoms with Crippen molar-refractivity contribution < 1.29 is 34.3 Å². The van der Waals surface area contributed by atoms with Crippen LogP contribution in [0.4, 0.5) is 0 Å². The number of phenols is 3. The number of hydrogen-bond donors (Lipinski definition) is 3. The zero-order valence-corrected chi connectivity index (χ0v) is 16.3. The van der Waals surface area contributed by atoms with Crippen molar-refractivity contribution in [3.8, 4) is 34.5 Å². The minimum absolute atomic E-state index is 0.0349. The number of rotatable bonds is 5. The number of hydrogen-bond acceptors (Lipinski definition) is 7. The van der Waals surface area contributed by atoms with Crippen LogP contribution in [0.3, 0.4) is 0 Å². The molecule has 0 aromatic heterocycles. The Labute approximate surface area is 163 Å². The Morgan fingerprint density at radius 1 is 1.04 bits per heavy atom. The quantitative estimate of drug-likeness (QED) is 0.676. The predicted octanol–water partition coefficient (Wildman–Crippen LogP) is 2.97. The molecule has 7 nitrogen and oxygen atoms in total. The third kappa shape index (κ3) is 3.06. The van der Waals surface area contributed by atoms with E-state index in [1.54, 1.807) is 26.0 Å². The maximum Gasteiger partial charge on any atom is 0.200 e. The highest BCUT2D eigenvalue weighted by atomic mass is 16.5. The Morgan fingerprint density at radius 2 is 1.64 bits per heavy atom. The van der Waals surface area contributed by atoms with Crippen molar-refractivity contribution in [1.82, 2.24) is 0 Å². The van der Waals surface area contributed by atoms with Crippen LogP contribution in [0.25, 0.3) is 0 Å². The Hall–Kier alpha value is -3.09. The van der Waals surface area contributed by atoms with E-state index >= 15 is 0 Å². The largest absolute Gasteiger partial charge is 0.507 e. The Morgan fingerprint density at radius 3 is 2.18 bits per heavy atom. The SMILES string of the molecule is COc1cc(CC2COc3c(C)c(O)c(C)c(O)c3C2C=O)cc(OC)c1O. The van der Waals surface area contributed by atoms with Crippen LogP contribution in [0.15, 0.2) is 12.1 Å². The number of aromatic hydroxyl groups is 3. The van der Waals surface area contributed by atoms with Crippen LogP contribution >= 0.6 is 0 Å². The highest BCUT2D eigenvalue weighted by Crippen LogP contribution is 2.49. The van der Waals surface area contributed by atoms with Gasteiger partial charge in [0.1, 0.15) is 23.5 Å². The molecule has 28 heavy (non-hydrogen) atoms. The maximum absolute atomic E-state index is 12.0. The van der Waals surface area contributed by atoms with Gasteiger partial charge in [-0.3, -0.25) is 0 Å². The first-order chi connectivity index (χ1) is 13.3. The van der Waals surface area contributed by atoms with Gasteiger partial charge >= 0.3 is 0 Å². The molecular formula is C21H24O7. The van der Waals surface area contributed by atoms with Gasteiger partial charge in [0.15, 0.2) is 11.5 Å². The third-order valence-corrected chi connectivity index (χ3v) is 5.37. The topological polar surface area (TPSA) is 105 Å². The van der Waals surface area contributed by atoms with Crippen molar-refractivity contribution in [3.05, 3.63) is 34.4 Å². The predicted molar refractivity (Wildman–Crippen MR) is 102 cm³/mol. The molecule has 0 amide bonds. The lowest BCUT2D eigenvalue weighted by molar-refractivity contribution is -0.110. The number of fused-ring (bicyclic) bond motifs is 1. The van der Waals surface area contributed by atoms with E-state index in [0.29, 0.717) is 28.9 Å². The van der Waals surface area contributed by atoms with Crippen LogP contribution in [0.5, 0.6) is 34.5 Å². The molecule has 2 aromatic carbocycles. The monoisotopic (exact) mass is 388 g/mol. The summed E-state index contributed by atoms with van der Waals surface area (Å²) in [6.07, 6.45) is 1.24. The normalized spacial score (nSPS) is 18.1. The van der Waals surface area contributed by atoms with Crippen LogP contribution in [0.2, 0.25) is 0 Å². The lowest BCUT2D eigenvalue weighted by atomic mass is 9.79. The van der Waals surface area contributed by atoms with Gasteiger partial charge < -0.3 is 34.3 Å². The average molecular weight is 388 g/mol. The summed E-state index contributed by atoms with van der Waals surface area (Å²) in [5, 5.41) is 30.8. The molecule has 0 saturated heterocycles. The van der Waals surface area contributed by atoms with Gasteiger partial charge in [-0.05, 0) is 38.0 Å². The summed E-state index contributed by atoms with van der Waals surface area (Å²) in [4.78, 5) is 12.0. The second-order valence-electron chi connectivity index (χ2n) is 6.98. The van der Waals surface area contributed by atoms with Crippen LogP contribution in [0.1, 0.15) is 28.2 Å². The fraction of sp³-hybridized carbons (Fsp3) is 0.381. The van der Waals surface area contributed by atoms with E-state index in [1.807, 2.05) is 0 Å². The van der Waals surface area contributed by atoms with Gasteiger partial charge in [0.25, 0.3) is 0 Å². The number of benzene rings is 2. The van der Waals surface area contributed by atoms with Crippen molar-refractivity contribution in [2.45, 2.75) is 26.2 Å². The molecular weight excluding hydrogens is 364 g/mol. The van der Waals surface area contributed by atoms with Gasteiger partial charge in [0.2, 0.25) is 5.75 Å². The van der Waals surface area contributed by atoms with Gasteiger partial charge in [0, 0.05) is 22.6 Å². The van der Waals surface area contributed by atoms with Crippen LogP contribution in [0, 0.1) is 19.8 Å². The maximum atomic E-state index is 12.0. The summed E-state index contributed by atoms with van der Waals surface area (Å²) >= 11 is 0. The molecule has 2 unspecified atom stereocenters. The molecule has 2 aromatic rings. The van der Waals surface area contributed by atoms with E-state index in [9.17, 15) is 20.1 Å². The van der Waals surface area contributed by atoms with Crippen LogP contribution < -0.4 is 14.2 Å². The molecule has 1 aliphatic rings. The average Bonchev–Trinajstić information content (AvgIpc) is 2.71. The van der Waals surface area contributed by atoms with Gasteiger partial charge in [-0.2, -0.15) is 0 Å². The molecule has 0 bridgehead atoms. The van der Waals surface area contributed by atoms with E-state index in [0.717, 1.165) is 11.8 Å². The van der Waals surface area contributed by atoms with Crippen molar-refractivity contribution in [2.24, 2.45) is 5.92 Å². The fourth-order valence-electron chi connectivity index (χ4n) is 3.77. The van der Waals surface area contributed by atoms with Crippen molar-refractivity contribution in [1.29, 1.82) is 0 Å². The number of aldehydes is 1. The van der Waals surface area contributed by atoms with E-state index in [4.69, 9.17) is 14.2 Å². The van der Waals surface area contributed by atoms with E-state index in [-0.39, 0.29) is 41.3 Å². The second kappa shape index (κ2) is 7.50. The first-order valence-corrected chi connectivity index (χ1v) is 8.90. The van der Waals surface area contributed by atoms with Crippen LogP contribution in [-0.2, 0) is 11.2 Å². The molecule has 1 heterocycles. The summed E-state index contributed by atoms with van der Waals surface area (Å²) in [6, 6.07) is 3.37. The Bertz CT molecular complexity index is 895. The smallest absolute Gasteiger partial charge is 0.200 e. The lowest BCUT2D eigenvalue weighted by Crippen LogP contribution is -2.29. The van der Waals surface area contributed by atoms with E-state index < -0.39 is 5.92 Å². The lowest BCUT2D eigenvalue weighted by Gasteiger charge is -2.33. The first kappa shape index (κ1) is 19.7. The molecule has 3 rings (SSSR count). The molecule has 7 heteroatoms. The zero-order valence-electron chi connectivity index (χ0n) is 16.3. The number of methoxy groups -OCH3 is 2. The molecule has 3 N–H and O–H groups in total. The number of carbonyl (C=O) groups excluding carboxylic acids is 1. The summed E-state index contributed by atoms with van der Waals surface area (Å²) in [5.74, 6) is -0.207. The van der Waals surface area contributed by atoms with Gasteiger partial charge in [-0.25, -0.2) is 0 Å². The summed E-state index contributed by atoms with van der Waals surface area (Å²) < 4.78 is 16.2. The Kier molecular flexibility index (Phi) is 5.27. The summed E-state index contributed by atoms with van der Waals surface area (Å²) in [6.45, 7) is 3.53. The minimum Gasteiger partial charge on any atom is -0.507 e. The zero-order chi connectivity index (χ0) is 20.6. The molecule has 0 saturated carbocycles. The van der Waals surface area contributed by atoms with E-state index in [1.165, 1.54) is 14.2 Å². The third-order valence-electron chi connectivity index (χ3n) is 5.37. The van der Waals surface area contributed by atoms with Crippen molar-refractivity contribution in [3.63, 3.8) is 0 Å². The number of ether oxygens (including phenoxy) is 3. The summed E-state index contributed by atoms with van der Waals surface area (Å²) in [7, 11) is 2.89. The van der Waals surface area contributed by atoms with Crippen molar-refractivity contribution in [2.75, 3.05) is 20.8 Å². The summed E-state index contributed by atoms with van der Waals surface area (Å²) in [5.41, 5.74) is 2.02. The van der Waals surface area contributed by atoms with E-state index in [2.05, 4.69) is 0 Å². The molecule has 0 spiro atoms. The fourth-order valence-corrected chi connectivity index (χ4v) is 3.77. The van der Waals surface area contributed by atoms with Gasteiger partial charge in [-0.15, -0.1) is 0 Å². The highest BCUT2D eigenvalue weighted by molar-refractivity contribution is 5.73. The molecule has 1 aliphatic heterocycles. The highest BCUT2D eigenvalue weighted by Gasteiger charge is 2.36. The molecule has 0 radical (unpaired) electrons. The molecule has 0 aliphatic carbocycles. The Balaban J connectivity index is 2.02. The van der Waals surface area contributed by atoms with Crippen molar-refractivity contribution >= 4 is 6.29 Å². The molecule has 0 fully saturated rings. The van der Waals surface area contributed by atoms with Crippen LogP contribution in [-0.4, -0.2) is 42.4 Å². The minimum atomic E-state index is -0.604. The second-order valence-corrected chi connectivity index (χ2v) is 6.98. The number of phenolic OH excluding ortho intramolecular Hbond substituents is 3. The molecule has 150 valence electrons. The number of carbonyl (C=O) groups is 1.